The van der Waals surface area contributed by atoms with Crippen molar-refractivity contribution in [1.29, 1.82) is 0 Å². The van der Waals surface area contributed by atoms with Crippen molar-refractivity contribution in [2.75, 3.05) is 11.9 Å². The number of hydrogen-bond acceptors (Lipinski definition) is 3. The highest BCUT2D eigenvalue weighted by Gasteiger charge is 2.12. The number of anilines is 1. The fraction of sp³-hybridized carbons (Fsp3) is 0.158. The van der Waals surface area contributed by atoms with E-state index in [1.54, 1.807) is 23.0 Å². The van der Waals surface area contributed by atoms with Crippen molar-refractivity contribution in [2.24, 2.45) is 0 Å². The van der Waals surface area contributed by atoms with Crippen LogP contribution in [0, 0.1) is 6.92 Å². The van der Waals surface area contributed by atoms with Gasteiger partial charge >= 0.3 is 0 Å². The number of para-hydroxylation sites is 1. The molecule has 0 fully saturated rings. The molecule has 5 nitrogen and oxygen atoms in total. The van der Waals surface area contributed by atoms with Crippen LogP contribution in [-0.4, -0.2) is 22.3 Å². The van der Waals surface area contributed by atoms with Crippen molar-refractivity contribution in [1.82, 2.24) is 9.78 Å². The number of nitrogens with one attached hydrogen (secondary N) is 1. The molecule has 27 heavy (non-hydrogen) atoms. The first-order valence-corrected chi connectivity index (χ1v) is 9.21. The van der Waals surface area contributed by atoms with Gasteiger partial charge in [0.05, 0.1) is 16.6 Å². The maximum absolute atomic E-state index is 12.1. The molecule has 1 N–H and O–H groups in total. The molecule has 0 unspecified atom stereocenters. The maximum Gasteiger partial charge on any atom is 0.263 e. The Kier molecular flexibility index (Phi) is 6.26. The molecule has 3 rings (SSSR count). The van der Waals surface area contributed by atoms with Crippen molar-refractivity contribution in [2.45, 2.75) is 13.5 Å². The Labute approximate surface area is 171 Å². The zero-order chi connectivity index (χ0) is 19.4. The van der Waals surface area contributed by atoms with Crippen molar-refractivity contribution in [3.05, 3.63) is 74.9 Å². The maximum atomic E-state index is 12.1. The van der Waals surface area contributed by atoms with E-state index in [0.29, 0.717) is 27.4 Å². The summed E-state index contributed by atoms with van der Waals surface area (Å²) in [6.07, 6.45) is 1.63. The van der Waals surface area contributed by atoms with Gasteiger partial charge in [0.25, 0.3) is 5.91 Å². The Hall–Kier alpha value is -2.21. The Balaban J connectivity index is 1.61. The SMILES string of the molecule is Cc1ccccc1OCC(=O)Nc1nn(Cc2ccc(Cl)c(Cl)c2)cc1Cl. The van der Waals surface area contributed by atoms with Gasteiger partial charge in [-0.15, -0.1) is 0 Å². The number of hydrogen-bond donors (Lipinski definition) is 1. The van der Waals surface area contributed by atoms with Crippen LogP contribution in [0.15, 0.2) is 48.7 Å². The first-order valence-electron chi connectivity index (χ1n) is 8.07. The lowest BCUT2D eigenvalue weighted by molar-refractivity contribution is -0.118. The molecule has 0 aliphatic heterocycles. The van der Waals surface area contributed by atoms with Gasteiger partial charge in [0, 0.05) is 6.20 Å². The highest BCUT2D eigenvalue weighted by Crippen LogP contribution is 2.24. The van der Waals surface area contributed by atoms with E-state index in [1.165, 1.54) is 0 Å². The van der Waals surface area contributed by atoms with E-state index in [-0.39, 0.29) is 18.3 Å². The van der Waals surface area contributed by atoms with E-state index in [4.69, 9.17) is 39.5 Å². The number of nitrogens with zero attached hydrogens (tertiary/aromatic N) is 2. The van der Waals surface area contributed by atoms with Crippen molar-refractivity contribution in [3.8, 4) is 5.75 Å². The van der Waals surface area contributed by atoms with Crippen LogP contribution in [0.3, 0.4) is 0 Å². The van der Waals surface area contributed by atoms with Crippen LogP contribution in [0.5, 0.6) is 5.75 Å². The van der Waals surface area contributed by atoms with Gasteiger partial charge in [-0.2, -0.15) is 5.10 Å². The minimum Gasteiger partial charge on any atom is -0.483 e. The zero-order valence-electron chi connectivity index (χ0n) is 14.4. The molecule has 0 saturated heterocycles. The van der Waals surface area contributed by atoms with Crippen LogP contribution in [-0.2, 0) is 11.3 Å². The second-order valence-electron chi connectivity index (χ2n) is 5.87. The lowest BCUT2D eigenvalue weighted by Crippen LogP contribution is -2.21. The molecule has 0 spiro atoms. The minimum atomic E-state index is -0.347. The molecule has 140 valence electrons. The van der Waals surface area contributed by atoms with Crippen molar-refractivity contribution < 1.29 is 9.53 Å². The third kappa shape index (κ3) is 5.16. The molecular weight excluding hydrogens is 409 g/mol. The molecule has 1 heterocycles. The number of carbonyl (C=O) groups excluding carboxylic acids is 1. The summed E-state index contributed by atoms with van der Waals surface area (Å²) < 4.78 is 7.13. The average Bonchev–Trinajstić information content (AvgIpc) is 2.96. The summed E-state index contributed by atoms with van der Waals surface area (Å²) >= 11 is 18.1. The number of rotatable bonds is 6. The molecular formula is C19H16Cl3N3O2. The van der Waals surface area contributed by atoms with Gasteiger partial charge in [0.15, 0.2) is 12.4 Å². The molecule has 0 atom stereocenters. The molecule has 1 amide bonds. The Morgan fingerprint density at radius 3 is 2.63 bits per heavy atom. The lowest BCUT2D eigenvalue weighted by atomic mass is 10.2. The second kappa shape index (κ2) is 8.65. The van der Waals surface area contributed by atoms with E-state index >= 15 is 0 Å². The largest absolute Gasteiger partial charge is 0.483 e. The smallest absolute Gasteiger partial charge is 0.263 e. The van der Waals surface area contributed by atoms with Gasteiger partial charge in [0.2, 0.25) is 0 Å². The fourth-order valence-corrected chi connectivity index (χ4v) is 2.94. The van der Waals surface area contributed by atoms with Gasteiger partial charge in [0.1, 0.15) is 10.8 Å². The van der Waals surface area contributed by atoms with Gasteiger partial charge in [-0.3, -0.25) is 9.48 Å². The quantitative estimate of drug-likeness (QED) is 0.590. The second-order valence-corrected chi connectivity index (χ2v) is 7.10. The van der Waals surface area contributed by atoms with Gasteiger partial charge in [-0.05, 0) is 36.2 Å². The van der Waals surface area contributed by atoms with Crippen LogP contribution in [0.1, 0.15) is 11.1 Å². The summed E-state index contributed by atoms with van der Waals surface area (Å²) in [7, 11) is 0. The normalized spacial score (nSPS) is 10.7. The minimum absolute atomic E-state index is 0.138. The highest BCUT2D eigenvalue weighted by molar-refractivity contribution is 6.42. The first-order chi connectivity index (χ1) is 12.9. The molecule has 0 aliphatic rings. The van der Waals surface area contributed by atoms with Crippen LogP contribution >= 0.6 is 34.8 Å². The topological polar surface area (TPSA) is 56.1 Å². The molecule has 3 aromatic rings. The van der Waals surface area contributed by atoms with E-state index in [2.05, 4.69) is 10.4 Å². The van der Waals surface area contributed by atoms with E-state index in [9.17, 15) is 4.79 Å². The summed E-state index contributed by atoms with van der Waals surface area (Å²) in [6, 6.07) is 12.8. The zero-order valence-corrected chi connectivity index (χ0v) is 16.6. The predicted molar refractivity (Wildman–Crippen MR) is 108 cm³/mol. The van der Waals surface area contributed by atoms with Crippen LogP contribution < -0.4 is 10.1 Å². The average molecular weight is 425 g/mol. The molecule has 2 aromatic carbocycles. The number of amides is 1. The number of aromatic nitrogens is 2. The molecule has 0 saturated carbocycles. The standard InChI is InChI=1S/C19H16Cl3N3O2/c1-12-4-2-3-5-17(12)27-11-18(26)23-19-16(22)10-25(24-19)9-13-6-7-14(20)15(21)8-13/h2-8,10H,9,11H2,1H3,(H,23,24,26). The van der Waals surface area contributed by atoms with E-state index in [1.807, 2.05) is 37.3 Å². The summed E-state index contributed by atoms with van der Waals surface area (Å²) in [5.41, 5.74) is 1.86. The number of ether oxygens (including phenoxy) is 1. The van der Waals surface area contributed by atoms with Crippen molar-refractivity contribution >= 4 is 46.5 Å². The van der Waals surface area contributed by atoms with Gasteiger partial charge < -0.3 is 10.1 Å². The van der Waals surface area contributed by atoms with E-state index in [0.717, 1.165) is 11.1 Å². The molecule has 0 bridgehead atoms. The molecule has 0 aliphatic carbocycles. The van der Waals surface area contributed by atoms with Crippen LogP contribution in [0.25, 0.3) is 0 Å². The number of carbonyl (C=O) groups is 1. The van der Waals surface area contributed by atoms with Crippen molar-refractivity contribution in [3.63, 3.8) is 0 Å². The predicted octanol–water partition coefficient (Wildman–Crippen LogP) is 5.22. The summed E-state index contributed by atoms with van der Waals surface area (Å²) in [4.78, 5) is 12.1. The Bertz CT molecular complexity index is 973. The third-order valence-corrected chi connectivity index (χ3v) is 4.77. The molecule has 1 aromatic heterocycles. The van der Waals surface area contributed by atoms with Gasteiger partial charge in [-0.1, -0.05) is 59.1 Å². The van der Waals surface area contributed by atoms with E-state index < -0.39 is 0 Å². The molecule has 0 radical (unpaired) electrons. The summed E-state index contributed by atoms with van der Waals surface area (Å²) in [6.45, 7) is 2.21. The number of benzene rings is 2. The fourth-order valence-electron chi connectivity index (χ4n) is 2.42. The summed E-state index contributed by atoms with van der Waals surface area (Å²) in [5, 5.41) is 8.23. The highest BCUT2D eigenvalue weighted by atomic mass is 35.5. The Morgan fingerprint density at radius 1 is 1.11 bits per heavy atom. The number of halogens is 3. The lowest BCUT2D eigenvalue weighted by Gasteiger charge is -2.08. The third-order valence-electron chi connectivity index (χ3n) is 3.76. The van der Waals surface area contributed by atoms with Crippen LogP contribution in [0.4, 0.5) is 5.82 Å². The number of aryl methyl sites for hydroxylation is 1. The first kappa shape index (κ1) is 19.5. The van der Waals surface area contributed by atoms with Crippen LogP contribution in [0.2, 0.25) is 15.1 Å². The van der Waals surface area contributed by atoms with Gasteiger partial charge in [-0.25, -0.2) is 0 Å². The Morgan fingerprint density at radius 2 is 1.89 bits per heavy atom. The molecule has 8 heteroatoms. The summed E-state index contributed by atoms with van der Waals surface area (Å²) in [5.74, 6) is 0.582. The monoisotopic (exact) mass is 423 g/mol.